The molecule has 9 heteroatoms. The van der Waals surface area contributed by atoms with Crippen molar-refractivity contribution >= 4 is 56.9 Å². The van der Waals surface area contributed by atoms with E-state index in [9.17, 15) is 19.6 Å². The quantitative estimate of drug-likeness (QED) is 0.359. The van der Waals surface area contributed by atoms with Crippen LogP contribution in [-0.2, 0) is 9.59 Å². The summed E-state index contributed by atoms with van der Waals surface area (Å²) in [5, 5.41) is 12.8. The largest absolute Gasteiger partial charge is 0.335 e. The third-order valence-electron chi connectivity index (χ3n) is 5.95. The van der Waals surface area contributed by atoms with E-state index in [-0.39, 0.29) is 5.57 Å². The SMILES string of the molecule is Cc1cc(N2C(=O)NC(=O)/C(=C\c3cc(C)n(-c4sc(C)c(C)c4C#N)c3C)C2=O)ccc1Br. The van der Waals surface area contributed by atoms with E-state index in [4.69, 9.17) is 0 Å². The van der Waals surface area contributed by atoms with Crippen LogP contribution < -0.4 is 10.2 Å². The summed E-state index contributed by atoms with van der Waals surface area (Å²) in [5.74, 6) is -1.44. The minimum Gasteiger partial charge on any atom is -0.308 e. The lowest BCUT2D eigenvalue weighted by Crippen LogP contribution is -2.54. The molecule has 1 N–H and O–H groups in total. The molecule has 0 saturated carbocycles. The lowest BCUT2D eigenvalue weighted by molar-refractivity contribution is -0.122. The van der Waals surface area contributed by atoms with Gasteiger partial charge in [-0.3, -0.25) is 14.9 Å². The van der Waals surface area contributed by atoms with Crippen LogP contribution in [0.1, 0.15) is 38.5 Å². The van der Waals surface area contributed by atoms with Crippen molar-refractivity contribution in [2.75, 3.05) is 4.90 Å². The summed E-state index contributed by atoms with van der Waals surface area (Å²) in [4.78, 5) is 40.5. The maximum atomic E-state index is 13.3. The van der Waals surface area contributed by atoms with Crippen LogP contribution in [0, 0.1) is 45.9 Å². The monoisotopic (exact) mass is 536 g/mol. The van der Waals surface area contributed by atoms with E-state index in [1.54, 1.807) is 18.2 Å². The van der Waals surface area contributed by atoms with E-state index in [0.29, 0.717) is 16.8 Å². The number of amides is 4. The van der Waals surface area contributed by atoms with E-state index in [1.807, 2.05) is 45.3 Å². The van der Waals surface area contributed by atoms with Crippen LogP contribution >= 0.6 is 27.3 Å². The number of aryl methyl sites for hydroxylation is 3. The average Bonchev–Trinajstić information content (AvgIpc) is 3.21. The molecule has 1 aliphatic heterocycles. The predicted molar refractivity (Wildman–Crippen MR) is 135 cm³/mol. The van der Waals surface area contributed by atoms with Crippen LogP contribution in [0.2, 0.25) is 0 Å². The molecular formula is C25H21BrN4O3S. The predicted octanol–water partition coefficient (Wildman–Crippen LogP) is 5.38. The summed E-state index contributed by atoms with van der Waals surface area (Å²) in [7, 11) is 0. The number of nitrogens with one attached hydrogen (secondary N) is 1. The Hall–Kier alpha value is -3.48. The van der Waals surface area contributed by atoms with Gasteiger partial charge in [-0.05, 0) is 81.7 Å². The smallest absolute Gasteiger partial charge is 0.308 e. The first-order valence-electron chi connectivity index (χ1n) is 10.4. The van der Waals surface area contributed by atoms with Gasteiger partial charge < -0.3 is 4.57 Å². The second-order valence-electron chi connectivity index (χ2n) is 8.13. The number of thiophene rings is 1. The molecule has 2 aromatic heterocycles. The van der Waals surface area contributed by atoms with E-state index >= 15 is 0 Å². The molecule has 34 heavy (non-hydrogen) atoms. The first-order chi connectivity index (χ1) is 16.0. The van der Waals surface area contributed by atoms with Crippen molar-refractivity contribution < 1.29 is 14.4 Å². The molecule has 1 aromatic carbocycles. The summed E-state index contributed by atoms with van der Waals surface area (Å²) in [5.41, 5.74) is 4.93. The third-order valence-corrected chi connectivity index (χ3v) is 8.04. The molecule has 0 radical (unpaired) electrons. The summed E-state index contributed by atoms with van der Waals surface area (Å²) in [6.07, 6.45) is 1.50. The Labute approximate surface area is 209 Å². The van der Waals surface area contributed by atoms with Gasteiger partial charge in [0.15, 0.2) is 0 Å². The molecule has 0 spiro atoms. The van der Waals surface area contributed by atoms with E-state index in [0.717, 1.165) is 41.8 Å². The third kappa shape index (κ3) is 3.79. The second-order valence-corrected chi connectivity index (χ2v) is 10.2. The van der Waals surface area contributed by atoms with Crippen LogP contribution in [0.4, 0.5) is 10.5 Å². The molecule has 1 aliphatic rings. The van der Waals surface area contributed by atoms with Gasteiger partial charge in [0.25, 0.3) is 11.8 Å². The molecule has 172 valence electrons. The Morgan fingerprint density at radius 1 is 1.09 bits per heavy atom. The Kier molecular flexibility index (Phi) is 6.06. The van der Waals surface area contributed by atoms with Gasteiger partial charge in [-0.2, -0.15) is 5.26 Å². The highest BCUT2D eigenvalue weighted by atomic mass is 79.9. The number of carbonyl (C=O) groups excluding carboxylic acids is 3. The Balaban J connectivity index is 1.80. The number of rotatable bonds is 3. The molecule has 3 aromatic rings. The number of hydrogen-bond acceptors (Lipinski definition) is 5. The average molecular weight is 537 g/mol. The van der Waals surface area contributed by atoms with Crippen LogP contribution in [0.5, 0.6) is 0 Å². The van der Waals surface area contributed by atoms with Gasteiger partial charge in [0, 0.05) is 20.7 Å². The zero-order valence-corrected chi connectivity index (χ0v) is 21.6. The fraction of sp³-hybridized carbons (Fsp3) is 0.200. The lowest BCUT2D eigenvalue weighted by Gasteiger charge is -2.26. The number of urea groups is 1. The summed E-state index contributed by atoms with van der Waals surface area (Å²) in [6.45, 7) is 9.52. The fourth-order valence-corrected chi connectivity index (χ4v) is 5.42. The van der Waals surface area contributed by atoms with Gasteiger partial charge in [0.1, 0.15) is 16.6 Å². The van der Waals surface area contributed by atoms with Crippen molar-refractivity contribution in [2.45, 2.75) is 34.6 Å². The van der Waals surface area contributed by atoms with Crippen molar-refractivity contribution in [2.24, 2.45) is 0 Å². The van der Waals surface area contributed by atoms with E-state index < -0.39 is 17.8 Å². The van der Waals surface area contributed by atoms with Crippen molar-refractivity contribution in [3.8, 4) is 11.1 Å². The van der Waals surface area contributed by atoms with Crippen LogP contribution in [-0.4, -0.2) is 22.4 Å². The normalized spacial score (nSPS) is 15.1. The van der Waals surface area contributed by atoms with Crippen molar-refractivity contribution in [3.05, 3.63) is 72.8 Å². The van der Waals surface area contributed by atoms with Crippen LogP contribution in [0.15, 0.2) is 34.3 Å². The highest BCUT2D eigenvalue weighted by molar-refractivity contribution is 9.10. The van der Waals surface area contributed by atoms with Gasteiger partial charge in [-0.25, -0.2) is 9.69 Å². The van der Waals surface area contributed by atoms with Crippen molar-refractivity contribution in [1.82, 2.24) is 9.88 Å². The first kappa shape index (κ1) is 23.7. The molecular weight excluding hydrogens is 516 g/mol. The highest BCUT2D eigenvalue weighted by Crippen LogP contribution is 2.34. The van der Waals surface area contributed by atoms with Crippen molar-refractivity contribution in [3.63, 3.8) is 0 Å². The molecule has 0 aliphatic carbocycles. The maximum Gasteiger partial charge on any atom is 0.335 e. The molecule has 4 rings (SSSR count). The molecule has 4 amide bonds. The number of benzene rings is 1. The number of barbiturate groups is 1. The summed E-state index contributed by atoms with van der Waals surface area (Å²) >= 11 is 4.94. The van der Waals surface area contributed by atoms with Gasteiger partial charge in [0.2, 0.25) is 0 Å². The number of aromatic nitrogens is 1. The Morgan fingerprint density at radius 2 is 1.79 bits per heavy atom. The summed E-state index contributed by atoms with van der Waals surface area (Å²) < 4.78 is 2.80. The first-order valence-corrected chi connectivity index (χ1v) is 12.0. The highest BCUT2D eigenvalue weighted by Gasteiger charge is 2.37. The molecule has 1 fully saturated rings. The lowest BCUT2D eigenvalue weighted by atomic mass is 10.1. The van der Waals surface area contributed by atoms with Crippen LogP contribution in [0.25, 0.3) is 11.1 Å². The minimum atomic E-state index is -0.789. The minimum absolute atomic E-state index is 0.139. The topological polar surface area (TPSA) is 95.2 Å². The number of carbonyl (C=O) groups is 3. The molecule has 7 nitrogen and oxygen atoms in total. The van der Waals surface area contributed by atoms with Gasteiger partial charge >= 0.3 is 6.03 Å². The Bertz CT molecular complexity index is 1470. The number of nitriles is 1. The molecule has 3 heterocycles. The molecule has 0 atom stereocenters. The van der Waals surface area contributed by atoms with Crippen LogP contribution in [0.3, 0.4) is 0 Å². The summed E-state index contributed by atoms with van der Waals surface area (Å²) in [6, 6.07) is 8.44. The molecule has 0 unspecified atom stereocenters. The number of hydrogen-bond donors (Lipinski definition) is 1. The number of halogens is 1. The standard InChI is InChI=1S/C25H21BrN4O3S/c1-12-8-18(6-7-21(12)26)30-23(32)19(22(31)28-25(30)33)10-17-9-13(2)29(15(17)4)24-20(11-27)14(3)16(5)34-24/h6-10H,1-5H3,(H,28,31,33)/b19-10+. The zero-order chi connectivity index (χ0) is 24.9. The van der Waals surface area contributed by atoms with Gasteiger partial charge in [-0.15, -0.1) is 11.3 Å². The van der Waals surface area contributed by atoms with Gasteiger partial charge in [0.05, 0.1) is 11.3 Å². The van der Waals surface area contributed by atoms with E-state index in [2.05, 4.69) is 27.3 Å². The number of nitrogens with zero attached hydrogens (tertiary/aromatic N) is 3. The second kappa shape index (κ2) is 8.70. The zero-order valence-electron chi connectivity index (χ0n) is 19.2. The molecule has 0 bridgehead atoms. The number of imide groups is 2. The Morgan fingerprint density at radius 3 is 2.44 bits per heavy atom. The number of anilines is 1. The van der Waals surface area contributed by atoms with E-state index in [1.165, 1.54) is 17.4 Å². The fourth-order valence-electron chi connectivity index (χ4n) is 3.96. The van der Waals surface area contributed by atoms with Crippen molar-refractivity contribution in [1.29, 1.82) is 5.26 Å². The molecule has 1 saturated heterocycles. The van der Waals surface area contributed by atoms with Gasteiger partial charge in [-0.1, -0.05) is 15.9 Å². The maximum absolute atomic E-state index is 13.3.